The minimum absolute atomic E-state index is 0.590. The van der Waals surface area contributed by atoms with Crippen molar-refractivity contribution in [1.82, 2.24) is 10.2 Å². The summed E-state index contributed by atoms with van der Waals surface area (Å²) in [5, 5.41) is 9.06. The van der Waals surface area contributed by atoms with Crippen molar-refractivity contribution in [2.24, 2.45) is 0 Å². The number of hydrogen-bond acceptors (Lipinski definition) is 7. The predicted molar refractivity (Wildman–Crippen MR) is 73.6 cm³/mol. The zero-order valence-electron chi connectivity index (χ0n) is 9.54. The van der Waals surface area contributed by atoms with Crippen LogP contribution in [0.15, 0.2) is 27.4 Å². The van der Waals surface area contributed by atoms with Crippen molar-refractivity contribution >= 4 is 39.6 Å². The molecule has 0 saturated carbocycles. The average Bonchev–Trinajstić information content (AvgIpc) is 2.72. The molecular weight excluding hydrogens is 254 g/mol. The summed E-state index contributed by atoms with van der Waals surface area (Å²) in [6.45, 7) is 0. The molecule has 0 atom stereocenters. The standard InChI is InChI=1S/C10H13N5S2/c1-15(2)9-13-14-10(17-9)16-6-3-4-7(11)8(12)5-6/h3-5H,11-12H2,1-2H3. The van der Waals surface area contributed by atoms with E-state index in [-0.39, 0.29) is 0 Å². The van der Waals surface area contributed by atoms with Gasteiger partial charge in [-0.05, 0) is 18.2 Å². The third-order valence-corrected chi connectivity index (χ3v) is 4.17. The van der Waals surface area contributed by atoms with E-state index in [2.05, 4.69) is 10.2 Å². The molecule has 0 fully saturated rings. The van der Waals surface area contributed by atoms with Gasteiger partial charge < -0.3 is 16.4 Å². The van der Waals surface area contributed by atoms with Gasteiger partial charge in [0.1, 0.15) is 0 Å². The molecule has 90 valence electrons. The van der Waals surface area contributed by atoms with Crippen molar-refractivity contribution in [2.75, 3.05) is 30.5 Å². The number of nitrogens with zero attached hydrogens (tertiary/aromatic N) is 3. The Labute approximate surface area is 108 Å². The number of nitrogens with two attached hydrogens (primary N) is 2. The lowest BCUT2D eigenvalue weighted by molar-refractivity contribution is 0.973. The van der Waals surface area contributed by atoms with Crippen LogP contribution in [0.1, 0.15) is 0 Å². The fourth-order valence-corrected chi connectivity index (χ4v) is 2.93. The van der Waals surface area contributed by atoms with Crippen molar-refractivity contribution < 1.29 is 0 Å². The summed E-state index contributed by atoms with van der Waals surface area (Å²) in [6, 6.07) is 5.56. The zero-order valence-corrected chi connectivity index (χ0v) is 11.2. The molecule has 0 aliphatic carbocycles. The summed E-state index contributed by atoms with van der Waals surface area (Å²) in [4.78, 5) is 2.94. The van der Waals surface area contributed by atoms with Crippen LogP contribution in [0.4, 0.5) is 16.5 Å². The van der Waals surface area contributed by atoms with Crippen LogP contribution in [0, 0.1) is 0 Å². The number of hydrogen-bond donors (Lipinski definition) is 2. The van der Waals surface area contributed by atoms with Crippen LogP contribution in [0.25, 0.3) is 0 Å². The van der Waals surface area contributed by atoms with Crippen LogP contribution in [0.2, 0.25) is 0 Å². The van der Waals surface area contributed by atoms with E-state index >= 15 is 0 Å². The topological polar surface area (TPSA) is 81.1 Å². The lowest BCUT2D eigenvalue weighted by atomic mass is 10.3. The maximum atomic E-state index is 5.75. The van der Waals surface area contributed by atoms with Gasteiger partial charge in [0.2, 0.25) is 5.13 Å². The van der Waals surface area contributed by atoms with Crippen molar-refractivity contribution in [3.8, 4) is 0 Å². The van der Waals surface area contributed by atoms with E-state index < -0.39 is 0 Å². The molecule has 0 aliphatic heterocycles. The van der Waals surface area contributed by atoms with E-state index in [9.17, 15) is 0 Å². The minimum atomic E-state index is 0.590. The van der Waals surface area contributed by atoms with E-state index in [4.69, 9.17) is 11.5 Å². The first-order valence-electron chi connectivity index (χ1n) is 4.90. The monoisotopic (exact) mass is 267 g/mol. The fourth-order valence-electron chi connectivity index (χ4n) is 1.14. The highest BCUT2D eigenvalue weighted by Gasteiger charge is 2.08. The molecule has 0 aliphatic rings. The molecule has 1 aromatic carbocycles. The van der Waals surface area contributed by atoms with E-state index in [1.807, 2.05) is 31.1 Å². The highest BCUT2D eigenvalue weighted by molar-refractivity contribution is 8.01. The van der Waals surface area contributed by atoms with Gasteiger partial charge >= 0.3 is 0 Å². The molecule has 1 aromatic heterocycles. The SMILES string of the molecule is CN(C)c1nnc(Sc2ccc(N)c(N)c2)s1. The molecule has 2 rings (SSSR count). The fraction of sp³-hybridized carbons (Fsp3) is 0.200. The maximum absolute atomic E-state index is 5.75. The molecule has 2 aromatic rings. The lowest BCUT2D eigenvalue weighted by Gasteiger charge is -2.04. The van der Waals surface area contributed by atoms with Gasteiger partial charge in [-0.15, -0.1) is 10.2 Å². The lowest BCUT2D eigenvalue weighted by Crippen LogP contribution is -2.07. The molecule has 7 heteroatoms. The molecule has 5 nitrogen and oxygen atoms in total. The number of nitrogen functional groups attached to an aromatic ring is 2. The Morgan fingerprint density at radius 2 is 1.94 bits per heavy atom. The predicted octanol–water partition coefficient (Wildman–Crippen LogP) is 1.92. The van der Waals surface area contributed by atoms with Gasteiger partial charge in [0.05, 0.1) is 11.4 Å². The molecule has 4 N–H and O–H groups in total. The smallest absolute Gasteiger partial charge is 0.208 e. The first kappa shape index (κ1) is 12.0. The second kappa shape index (κ2) is 4.80. The molecule has 0 bridgehead atoms. The van der Waals surface area contributed by atoms with Crippen LogP contribution in [0.3, 0.4) is 0 Å². The third kappa shape index (κ3) is 2.80. The van der Waals surface area contributed by atoms with Crippen molar-refractivity contribution in [3.05, 3.63) is 18.2 Å². The number of anilines is 3. The van der Waals surface area contributed by atoms with Gasteiger partial charge in [0.15, 0.2) is 4.34 Å². The van der Waals surface area contributed by atoms with Gasteiger partial charge in [-0.25, -0.2) is 0 Å². The van der Waals surface area contributed by atoms with Gasteiger partial charge in [-0.1, -0.05) is 23.1 Å². The first-order chi connectivity index (χ1) is 8.06. The summed E-state index contributed by atoms with van der Waals surface area (Å²) in [7, 11) is 3.88. The summed E-state index contributed by atoms with van der Waals surface area (Å²) in [6.07, 6.45) is 0. The Morgan fingerprint density at radius 1 is 1.18 bits per heavy atom. The second-order valence-electron chi connectivity index (χ2n) is 3.64. The molecule has 0 saturated heterocycles. The van der Waals surface area contributed by atoms with Crippen LogP contribution < -0.4 is 16.4 Å². The Kier molecular flexibility index (Phi) is 3.39. The Hall–Kier alpha value is -1.47. The van der Waals surface area contributed by atoms with Crippen LogP contribution in [-0.2, 0) is 0 Å². The van der Waals surface area contributed by atoms with Crippen molar-refractivity contribution in [1.29, 1.82) is 0 Å². The molecule has 0 amide bonds. The van der Waals surface area contributed by atoms with Crippen LogP contribution in [-0.4, -0.2) is 24.3 Å². The normalized spacial score (nSPS) is 10.5. The average molecular weight is 267 g/mol. The highest BCUT2D eigenvalue weighted by atomic mass is 32.2. The molecule has 1 heterocycles. The Bertz CT molecular complexity index is 523. The summed E-state index contributed by atoms with van der Waals surface area (Å²) < 4.78 is 0.887. The van der Waals surface area contributed by atoms with E-state index in [1.165, 1.54) is 11.8 Å². The van der Waals surface area contributed by atoms with E-state index in [1.54, 1.807) is 17.4 Å². The van der Waals surface area contributed by atoms with Crippen LogP contribution in [0.5, 0.6) is 0 Å². The van der Waals surface area contributed by atoms with E-state index in [0.717, 1.165) is 14.4 Å². The third-order valence-electron chi connectivity index (χ3n) is 2.04. The molecule has 0 unspecified atom stereocenters. The minimum Gasteiger partial charge on any atom is -0.397 e. The largest absolute Gasteiger partial charge is 0.397 e. The highest BCUT2D eigenvalue weighted by Crippen LogP contribution is 2.34. The van der Waals surface area contributed by atoms with E-state index in [0.29, 0.717) is 11.4 Å². The molecule has 0 radical (unpaired) electrons. The first-order valence-corrected chi connectivity index (χ1v) is 6.53. The quantitative estimate of drug-likeness (QED) is 0.827. The van der Waals surface area contributed by atoms with Gasteiger partial charge in [-0.3, -0.25) is 0 Å². The Balaban J connectivity index is 2.16. The van der Waals surface area contributed by atoms with Gasteiger partial charge in [0.25, 0.3) is 0 Å². The number of rotatable bonds is 3. The zero-order chi connectivity index (χ0) is 12.4. The van der Waals surface area contributed by atoms with Gasteiger partial charge in [-0.2, -0.15) is 0 Å². The summed E-state index contributed by atoms with van der Waals surface area (Å²) in [5.74, 6) is 0. The molecule has 17 heavy (non-hydrogen) atoms. The summed E-state index contributed by atoms with van der Waals surface area (Å²) >= 11 is 3.07. The number of aromatic nitrogens is 2. The van der Waals surface area contributed by atoms with Crippen molar-refractivity contribution in [3.63, 3.8) is 0 Å². The summed E-state index contributed by atoms with van der Waals surface area (Å²) in [5.41, 5.74) is 12.6. The maximum Gasteiger partial charge on any atom is 0.208 e. The van der Waals surface area contributed by atoms with Crippen LogP contribution >= 0.6 is 23.1 Å². The van der Waals surface area contributed by atoms with Gasteiger partial charge in [0, 0.05) is 19.0 Å². The molecule has 0 spiro atoms. The van der Waals surface area contributed by atoms with Crippen molar-refractivity contribution in [2.45, 2.75) is 9.24 Å². The Morgan fingerprint density at radius 3 is 2.53 bits per heavy atom. The molecular formula is C10H13N5S2. The number of benzene rings is 1. The second-order valence-corrected chi connectivity index (χ2v) is 5.91.